The lowest BCUT2D eigenvalue weighted by atomic mass is 10.2. The zero-order valence-electron chi connectivity index (χ0n) is 9.45. The van der Waals surface area contributed by atoms with Crippen LogP contribution < -0.4 is 16.6 Å². The number of aliphatic hydroxyl groups is 1. The molecule has 94 valence electrons. The van der Waals surface area contributed by atoms with Gasteiger partial charge in [-0.2, -0.15) is 0 Å². The van der Waals surface area contributed by atoms with E-state index < -0.39 is 17.4 Å². The number of H-pyrrole nitrogens is 2. The molecule has 0 aliphatic heterocycles. The van der Waals surface area contributed by atoms with Gasteiger partial charge in [-0.05, 0) is 6.42 Å². The second-order valence-corrected chi connectivity index (χ2v) is 3.66. The summed E-state index contributed by atoms with van der Waals surface area (Å²) in [6.07, 6.45) is -0.144. The van der Waals surface area contributed by atoms with E-state index in [0.717, 1.165) is 6.07 Å². The summed E-state index contributed by atoms with van der Waals surface area (Å²) in [5.74, 6) is -0.362. The van der Waals surface area contributed by atoms with Crippen LogP contribution in [-0.2, 0) is 11.2 Å². The summed E-state index contributed by atoms with van der Waals surface area (Å²) in [6.45, 7) is 1.95. The van der Waals surface area contributed by atoms with Crippen LogP contribution in [-0.4, -0.2) is 33.6 Å². The molecular formula is C10H15N3O4. The Balaban J connectivity index is 2.56. The zero-order valence-corrected chi connectivity index (χ0v) is 9.45. The Morgan fingerprint density at radius 2 is 2.18 bits per heavy atom. The van der Waals surface area contributed by atoms with Crippen LogP contribution in [0.2, 0.25) is 0 Å². The van der Waals surface area contributed by atoms with Gasteiger partial charge in [-0.15, -0.1) is 0 Å². The molecule has 0 aliphatic carbocycles. The number of rotatable bonds is 5. The number of carbonyl (C=O) groups excluding carboxylic acids is 1. The molecular weight excluding hydrogens is 226 g/mol. The van der Waals surface area contributed by atoms with Crippen LogP contribution in [0, 0.1) is 0 Å². The molecule has 4 N–H and O–H groups in total. The van der Waals surface area contributed by atoms with Gasteiger partial charge in [0.05, 0.1) is 12.5 Å². The summed E-state index contributed by atoms with van der Waals surface area (Å²) in [5.41, 5.74) is -0.957. The second-order valence-electron chi connectivity index (χ2n) is 3.66. The molecule has 1 heterocycles. The fraction of sp³-hybridized carbons (Fsp3) is 0.500. The smallest absolute Gasteiger partial charge is 0.325 e. The first-order chi connectivity index (χ1) is 8.01. The molecule has 1 aromatic heterocycles. The number of aromatic amines is 2. The van der Waals surface area contributed by atoms with Gasteiger partial charge in [0.1, 0.15) is 0 Å². The number of hydrogen-bond donors (Lipinski definition) is 4. The van der Waals surface area contributed by atoms with Crippen LogP contribution in [0.4, 0.5) is 0 Å². The zero-order chi connectivity index (χ0) is 12.8. The van der Waals surface area contributed by atoms with E-state index in [-0.39, 0.29) is 24.6 Å². The lowest BCUT2D eigenvalue weighted by molar-refractivity contribution is -0.120. The molecule has 1 atom stereocenters. The Morgan fingerprint density at radius 3 is 2.76 bits per heavy atom. The van der Waals surface area contributed by atoms with Crippen LogP contribution in [0.25, 0.3) is 0 Å². The maximum absolute atomic E-state index is 11.4. The number of hydrogen-bond acceptors (Lipinski definition) is 4. The minimum absolute atomic E-state index is 0.102. The van der Waals surface area contributed by atoms with Crippen molar-refractivity contribution in [3.05, 3.63) is 32.6 Å². The van der Waals surface area contributed by atoms with Crippen molar-refractivity contribution in [2.45, 2.75) is 25.9 Å². The highest BCUT2D eigenvalue weighted by molar-refractivity contribution is 5.78. The van der Waals surface area contributed by atoms with Crippen molar-refractivity contribution in [3.63, 3.8) is 0 Å². The van der Waals surface area contributed by atoms with Crippen LogP contribution >= 0.6 is 0 Å². The number of aromatic nitrogens is 2. The van der Waals surface area contributed by atoms with Crippen LogP contribution in [0.3, 0.4) is 0 Å². The number of carbonyl (C=O) groups is 1. The fourth-order valence-electron chi connectivity index (χ4n) is 1.23. The lowest BCUT2D eigenvalue weighted by Crippen LogP contribution is -2.34. The Morgan fingerprint density at radius 1 is 1.47 bits per heavy atom. The molecule has 0 fully saturated rings. The van der Waals surface area contributed by atoms with E-state index in [4.69, 9.17) is 0 Å². The molecule has 0 spiro atoms. The van der Waals surface area contributed by atoms with Gasteiger partial charge in [0, 0.05) is 18.3 Å². The molecule has 0 saturated heterocycles. The first-order valence-corrected chi connectivity index (χ1v) is 5.28. The molecule has 0 radical (unpaired) electrons. The minimum Gasteiger partial charge on any atom is -0.391 e. The quantitative estimate of drug-likeness (QED) is 0.501. The maximum atomic E-state index is 11.4. The van der Waals surface area contributed by atoms with Gasteiger partial charge in [0.2, 0.25) is 5.91 Å². The number of nitrogens with one attached hydrogen (secondary N) is 3. The van der Waals surface area contributed by atoms with E-state index in [9.17, 15) is 19.5 Å². The SMILES string of the molecule is CCC(O)CNC(=O)Cc1cc(=O)[nH]c(=O)[nH]1. The van der Waals surface area contributed by atoms with Crippen molar-refractivity contribution in [2.24, 2.45) is 0 Å². The first kappa shape index (κ1) is 13.2. The van der Waals surface area contributed by atoms with Crippen LogP contribution in [0.5, 0.6) is 0 Å². The van der Waals surface area contributed by atoms with Crippen molar-refractivity contribution in [2.75, 3.05) is 6.54 Å². The summed E-state index contributed by atoms with van der Waals surface area (Å²) in [6, 6.07) is 1.15. The van der Waals surface area contributed by atoms with Gasteiger partial charge in [0.15, 0.2) is 0 Å². The molecule has 17 heavy (non-hydrogen) atoms. The summed E-state index contributed by atoms with van der Waals surface area (Å²) >= 11 is 0. The van der Waals surface area contributed by atoms with E-state index in [0.29, 0.717) is 6.42 Å². The fourth-order valence-corrected chi connectivity index (χ4v) is 1.23. The molecule has 1 unspecified atom stereocenters. The van der Waals surface area contributed by atoms with Crippen molar-refractivity contribution in [3.8, 4) is 0 Å². The van der Waals surface area contributed by atoms with E-state index >= 15 is 0 Å². The molecule has 7 nitrogen and oxygen atoms in total. The number of aliphatic hydroxyl groups excluding tert-OH is 1. The van der Waals surface area contributed by atoms with Crippen molar-refractivity contribution in [1.29, 1.82) is 0 Å². The van der Waals surface area contributed by atoms with Gasteiger partial charge >= 0.3 is 5.69 Å². The normalized spacial score (nSPS) is 12.1. The highest BCUT2D eigenvalue weighted by Gasteiger charge is 2.07. The molecule has 0 saturated carbocycles. The predicted molar refractivity (Wildman–Crippen MR) is 60.7 cm³/mol. The van der Waals surface area contributed by atoms with Gasteiger partial charge in [0.25, 0.3) is 5.56 Å². The molecule has 7 heteroatoms. The largest absolute Gasteiger partial charge is 0.391 e. The Kier molecular flexibility index (Phi) is 4.65. The summed E-state index contributed by atoms with van der Waals surface area (Å²) in [4.78, 5) is 37.6. The molecule has 1 amide bonds. The third-order valence-corrected chi connectivity index (χ3v) is 2.17. The van der Waals surface area contributed by atoms with E-state index in [1.54, 1.807) is 6.92 Å². The minimum atomic E-state index is -0.645. The molecule has 0 bridgehead atoms. The highest BCUT2D eigenvalue weighted by Crippen LogP contribution is 1.90. The topological polar surface area (TPSA) is 115 Å². The third kappa shape index (κ3) is 4.64. The summed E-state index contributed by atoms with van der Waals surface area (Å²) < 4.78 is 0. The maximum Gasteiger partial charge on any atom is 0.325 e. The Hall–Kier alpha value is -1.89. The van der Waals surface area contributed by atoms with E-state index in [2.05, 4.69) is 10.3 Å². The average molecular weight is 241 g/mol. The average Bonchev–Trinajstić information content (AvgIpc) is 2.24. The summed E-state index contributed by atoms with van der Waals surface area (Å²) in [7, 11) is 0. The Labute approximate surface area is 96.9 Å². The van der Waals surface area contributed by atoms with Gasteiger partial charge in [-0.3, -0.25) is 14.6 Å². The predicted octanol–water partition coefficient (Wildman–Crippen LogP) is -1.51. The van der Waals surface area contributed by atoms with E-state index in [1.807, 2.05) is 4.98 Å². The highest BCUT2D eigenvalue weighted by atomic mass is 16.3. The van der Waals surface area contributed by atoms with Crippen molar-refractivity contribution < 1.29 is 9.90 Å². The van der Waals surface area contributed by atoms with Crippen LogP contribution in [0.15, 0.2) is 15.7 Å². The van der Waals surface area contributed by atoms with Gasteiger partial charge < -0.3 is 15.4 Å². The van der Waals surface area contributed by atoms with Crippen molar-refractivity contribution >= 4 is 5.91 Å². The number of amides is 1. The first-order valence-electron chi connectivity index (χ1n) is 5.28. The molecule has 0 aliphatic rings. The van der Waals surface area contributed by atoms with Crippen molar-refractivity contribution in [1.82, 2.24) is 15.3 Å². The molecule has 0 aromatic carbocycles. The molecule has 1 aromatic rings. The summed E-state index contributed by atoms with van der Waals surface area (Å²) in [5, 5.41) is 11.7. The van der Waals surface area contributed by atoms with Gasteiger partial charge in [-0.25, -0.2) is 4.79 Å². The second kappa shape index (κ2) is 6.00. The van der Waals surface area contributed by atoms with Gasteiger partial charge in [-0.1, -0.05) is 6.92 Å². The van der Waals surface area contributed by atoms with Crippen LogP contribution in [0.1, 0.15) is 19.0 Å². The van der Waals surface area contributed by atoms with E-state index in [1.165, 1.54) is 0 Å². The standard InChI is InChI=1S/C10H15N3O4/c1-2-7(14)5-11-8(15)3-6-4-9(16)13-10(17)12-6/h4,7,14H,2-3,5H2,1H3,(H,11,15)(H2,12,13,16,17). The monoisotopic (exact) mass is 241 g/mol. The third-order valence-electron chi connectivity index (χ3n) is 2.17. The Bertz CT molecular complexity index is 463. The molecule has 1 rings (SSSR count). The lowest BCUT2D eigenvalue weighted by Gasteiger charge is -2.09.